The first-order valence-corrected chi connectivity index (χ1v) is 9.28. The summed E-state index contributed by atoms with van der Waals surface area (Å²) in [4.78, 5) is 19.2. The van der Waals surface area contributed by atoms with Crippen molar-refractivity contribution in [1.29, 1.82) is 0 Å². The van der Waals surface area contributed by atoms with E-state index in [2.05, 4.69) is 22.1 Å². The minimum atomic E-state index is -0.161. The third-order valence-corrected chi connectivity index (χ3v) is 5.77. The number of thioether (sulfide) groups is 1. The molecule has 126 valence electrons. The summed E-state index contributed by atoms with van der Waals surface area (Å²) < 4.78 is 1.99. The van der Waals surface area contributed by atoms with Crippen molar-refractivity contribution in [1.82, 2.24) is 24.5 Å². The molecule has 1 unspecified atom stereocenters. The molecule has 3 heterocycles. The van der Waals surface area contributed by atoms with Crippen LogP contribution in [0.15, 0.2) is 29.4 Å². The Morgan fingerprint density at radius 3 is 2.88 bits per heavy atom. The van der Waals surface area contributed by atoms with Gasteiger partial charge in [-0.15, -0.1) is 5.10 Å². The zero-order chi connectivity index (χ0) is 16.7. The van der Waals surface area contributed by atoms with E-state index in [1.165, 1.54) is 11.8 Å². The fraction of sp³-hybridized carbons (Fsp3) is 0.471. The number of hydrogen-bond acceptors (Lipinski definition) is 4. The second-order valence-corrected chi connectivity index (χ2v) is 7.84. The topological polar surface area (TPSA) is 66.3 Å². The van der Waals surface area contributed by atoms with Crippen molar-refractivity contribution in [2.75, 3.05) is 13.1 Å². The molecule has 1 aromatic carbocycles. The predicted molar refractivity (Wildman–Crippen MR) is 95.1 cm³/mol. The van der Waals surface area contributed by atoms with Crippen molar-refractivity contribution in [2.24, 2.45) is 5.92 Å². The zero-order valence-corrected chi connectivity index (χ0v) is 14.7. The highest BCUT2D eigenvalue weighted by molar-refractivity contribution is 8.00. The lowest BCUT2D eigenvalue weighted by molar-refractivity contribution is -0.131. The number of para-hydroxylation sites is 2. The van der Waals surface area contributed by atoms with Gasteiger partial charge in [0.25, 0.3) is 0 Å². The van der Waals surface area contributed by atoms with Crippen LogP contribution in [0.25, 0.3) is 16.8 Å². The number of benzene rings is 1. The lowest BCUT2D eigenvalue weighted by Crippen LogP contribution is -2.41. The van der Waals surface area contributed by atoms with E-state index in [9.17, 15) is 4.79 Å². The smallest absolute Gasteiger partial charge is 0.235 e. The maximum atomic E-state index is 12.7. The average molecular weight is 343 g/mol. The molecule has 1 aliphatic heterocycles. The molecule has 1 amide bonds. The van der Waals surface area contributed by atoms with E-state index in [-0.39, 0.29) is 11.2 Å². The number of nitrogens with zero attached hydrogens (tertiary/aromatic N) is 4. The molecular weight excluding hydrogens is 322 g/mol. The lowest BCUT2D eigenvalue weighted by atomic mass is 9.99. The van der Waals surface area contributed by atoms with Gasteiger partial charge in [0.05, 0.1) is 16.3 Å². The molecular formula is C17H21N5OS. The summed E-state index contributed by atoms with van der Waals surface area (Å²) in [6.07, 6.45) is 2.20. The largest absolute Gasteiger partial charge is 0.342 e. The number of nitrogens with one attached hydrogen (secondary N) is 1. The van der Waals surface area contributed by atoms with E-state index in [0.717, 1.165) is 48.0 Å². The van der Waals surface area contributed by atoms with E-state index in [4.69, 9.17) is 0 Å². The third kappa shape index (κ3) is 2.66. The van der Waals surface area contributed by atoms with Crippen molar-refractivity contribution in [3.05, 3.63) is 24.3 Å². The number of hydrogen-bond donors (Lipinski definition) is 1. The Balaban J connectivity index is 1.56. The lowest BCUT2D eigenvalue weighted by Gasteiger charge is -2.31. The van der Waals surface area contributed by atoms with Crippen LogP contribution >= 0.6 is 11.8 Å². The summed E-state index contributed by atoms with van der Waals surface area (Å²) in [5.74, 6) is 1.64. The second-order valence-electron chi connectivity index (χ2n) is 6.53. The van der Waals surface area contributed by atoms with Gasteiger partial charge in [0, 0.05) is 13.1 Å². The molecule has 1 N–H and O–H groups in total. The Labute approximate surface area is 144 Å². The molecule has 1 saturated heterocycles. The first-order valence-electron chi connectivity index (χ1n) is 8.40. The number of piperidine rings is 1. The van der Waals surface area contributed by atoms with E-state index in [0.29, 0.717) is 5.78 Å². The van der Waals surface area contributed by atoms with Gasteiger partial charge >= 0.3 is 0 Å². The molecule has 0 aliphatic carbocycles. The van der Waals surface area contributed by atoms with Crippen LogP contribution in [0.4, 0.5) is 0 Å². The summed E-state index contributed by atoms with van der Waals surface area (Å²) in [6, 6.07) is 7.96. The van der Waals surface area contributed by atoms with E-state index >= 15 is 0 Å². The first-order chi connectivity index (χ1) is 11.6. The molecule has 7 heteroatoms. The monoisotopic (exact) mass is 343 g/mol. The third-order valence-electron chi connectivity index (χ3n) is 4.73. The average Bonchev–Trinajstić information content (AvgIpc) is 3.14. The number of imidazole rings is 1. The molecule has 0 radical (unpaired) electrons. The second kappa shape index (κ2) is 6.12. The molecule has 2 aromatic heterocycles. The van der Waals surface area contributed by atoms with Gasteiger partial charge in [-0.1, -0.05) is 30.8 Å². The van der Waals surface area contributed by atoms with Crippen LogP contribution in [-0.2, 0) is 4.79 Å². The van der Waals surface area contributed by atoms with Crippen LogP contribution in [-0.4, -0.2) is 48.7 Å². The number of aromatic nitrogens is 4. The Kier molecular flexibility index (Phi) is 3.96. The van der Waals surface area contributed by atoms with Gasteiger partial charge in [0.2, 0.25) is 11.7 Å². The van der Waals surface area contributed by atoms with Gasteiger partial charge in [-0.05, 0) is 37.8 Å². The van der Waals surface area contributed by atoms with Crippen molar-refractivity contribution in [2.45, 2.75) is 37.1 Å². The van der Waals surface area contributed by atoms with E-state index in [1.54, 1.807) is 0 Å². The number of amides is 1. The molecule has 6 nitrogen and oxygen atoms in total. The highest BCUT2D eigenvalue weighted by Gasteiger charge is 2.26. The Morgan fingerprint density at radius 1 is 1.33 bits per heavy atom. The molecule has 1 fully saturated rings. The standard InChI is InChI=1S/C17H21N5OS/c1-11-7-9-21(10-8-11)15(23)12(2)24-17-20-19-16-18-13-5-3-4-6-14(13)22(16)17/h3-6,11-12H,7-10H2,1-2H3,(H,18,19). The van der Waals surface area contributed by atoms with Gasteiger partial charge in [0.1, 0.15) is 0 Å². The quantitative estimate of drug-likeness (QED) is 0.743. The number of H-pyrrole nitrogens is 1. The van der Waals surface area contributed by atoms with E-state index in [1.807, 2.05) is 40.5 Å². The van der Waals surface area contributed by atoms with E-state index < -0.39 is 0 Å². The normalized spacial score (nSPS) is 17.7. The van der Waals surface area contributed by atoms with Crippen LogP contribution in [0.1, 0.15) is 26.7 Å². The number of rotatable bonds is 3. The highest BCUT2D eigenvalue weighted by Crippen LogP contribution is 2.28. The van der Waals surface area contributed by atoms with Crippen molar-refractivity contribution >= 4 is 34.5 Å². The van der Waals surface area contributed by atoms with Crippen molar-refractivity contribution in [3.63, 3.8) is 0 Å². The van der Waals surface area contributed by atoms with Crippen LogP contribution in [0.2, 0.25) is 0 Å². The molecule has 24 heavy (non-hydrogen) atoms. The Hall–Kier alpha value is -2.02. The van der Waals surface area contributed by atoms with Crippen molar-refractivity contribution in [3.8, 4) is 0 Å². The van der Waals surface area contributed by atoms with Gasteiger partial charge in [0.15, 0.2) is 5.16 Å². The Bertz CT molecular complexity index is 878. The van der Waals surface area contributed by atoms with Crippen LogP contribution in [0, 0.1) is 5.92 Å². The fourth-order valence-corrected chi connectivity index (χ4v) is 4.17. The number of fused-ring (bicyclic) bond motifs is 3. The summed E-state index contributed by atoms with van der Waals surface area (Å²) in [5.41, 5.74) is 1.94. The number of carbonyl (C=O) groups excluding carboxylic acids is 1. The summed E-state index contributed by atoms with van der Waals surface area (Å²) in [5, 5.41) is 7.94. The SMILES string of the molecule is CC1CCN(C(=O)C(C)Sc2n[nH]c3nc4ccccc4n23)CC1. The molecule has 3 aromatic rings. The molecule has 0 spiro atoms. The van der Waals surface area contributed by atoms with Gasteiger partial charge < -0.3 is 4.90 Å². The molecule has 0 bridgehead atoms. The number of aromatic amines is 1. The number of carbonyl (C=O) groups is 1. The fourth-order valence-electron chi connectivity index (χ4n) is 3.22. The molecule has 4 rings (SSSR count). The first kappa shape index (κ1) is 15.5. The van der Waals surface area contributed by atoms with Crippen LogP contribution in [0.5, 0.6) is 0 Å². The summed E-state index contributed by atoms with van der Waals surface area (Å²) in [6.45, 7) is 5.96. The molecule has 1 aliphatic rings. The molecule has 0 saturated carbocycles. The van der Waals surface area contributed by atoms with Gasteiger partial charge in [-0.2, -0.15) is 0 Å². The number of likely N-dealkylation sites (tertiary alicyclic amines) is 1. The van der Waals surface area contributed by atoms with Crippen LogP contribution in [0.3, 0.4) is 0 Å². The van der Waals surface area contributed by atoms with Crippen LogP contribution < -0.4 is 0 Å². The van der Waals surface area contributed by atoms with Gasteiger partial charge in [-0.3, -0.25) is 9.20 Å². The van der Waals surface area contributed by atoms with Crippen molar-refractivity contribution < 1.29 is 4.79 Å². The minimum absolute atomic E-state index is 0.161. The maximum Gasteiger partial charge on any atom is 0.235 e. The zero-order valence-electron chi connectivity index (χ0n) is 13.9. The predicted octanol–water partition coefficient (Wildman–Crippen LogP) is 2.95. The molecule has 1 atom stereocenters. The highest BCUT2D eigenvalue weighted by atomic mass is 32.2. The van der Waals surface area contributed by atoms with Gasteiger partial charge in [-0.25, -0.2) is 10.1 Å². The summed E-state index contributed by atoms with van der Waals surface area (Å²) >= 11 is 1.49. The minimum Gasteiger partial charge on any atom is -0.342 e. The Morgan fingerprint density at radius 2 is 2.08 bits per heavy atom. The maximum absolute atomic E-state index is 12.7. The summed E-state index contributed by atoms with van der Waals surface area (Å²) in [7, 11) is 0.